The molecule has 0 spiro atoms. The number of aromatic nitrogens is 2. The van der Waals surface area contributed by atoms with Gasteiger partial charge in [0.1, 0.15) is 5.58 Å². The van der Waals surface area contributed by atoms with Gasteiger partial charge in [0.2, 0.25) is 0 Å². The SMILES string of the molecule is O=C(O)Cc1cnc2c1ccc1ocncc12. The molecule has 3 aromatic rings. The number of hydrogen-bond donors (Lipinski definition) is 1. The van der Waals surface area contributed by atoms with E-state index in [1.165, 1.54) is 6.39 Å². The fourth-order valence-corrected chi connectivity index (χ4v) is 1.92. The Morgan fingerprint density at radius 1 is 1.29 bits per heavy atom. The Morgan fingerprint density at radius 2 is 2.18 bits per heavy atom. The second kappa shape index (κ2) is 3.55. The van der Waals surface area contributed by atoms with Crippen LogP contribution in [-0.4, -0.2) is 21.0 Å². The van der Waals surface area contributed by atoms with Crippen molar-refractivity contribution in [2.75, 3.05) is 0 Å². The molecule has 17 heavy (non-hydrogen) atoms. The van der Waals surface area contributed by atoms with Crippen LogP contribution in [0.4, 0.5) is 0 Å². The predicted molar refractivity (Wildman–Crippen MR) is 60.6 cm³/mol. The average Bonchev–Trinajstić information content (AvgIpc) is 2.72. The van der Waals surface area contributed by atoms with Crippen LogP contribution >= 0.6 is 0 Å². The molecule has 2 heterocycles. The number of hydrogen-bond acceptors (Lipinski definition) is 4. The number of nitrogens with zero attached hydrogens (tertiary/aromatic N) is 2. The van der Waals surface area contributed by atoms with Gasteiger partial charge in [-0.25, -0.2) is 4.98 Å². The largest absolute Gasteiger partial charge is 0.481 e. The van der Waals surface area contributed by atoms with E-state index in [9.17, 15) is 4.79 Å². The van der Waals surface area contributed by atoms with Gasteiger partial charge in [-0.2, -0.15) is 0 Å². The summed E-state index contributed by atoms with van der Waals surface area (Å²) in [7, 11) is 0. The van der Waals surface area contributed by atoms with Crippen LogP contribution < -0.4 is 0 Å². The molecule has 5 heteroatoms. The fraction of sp³-hybridized carbons (Fsp3) is 0.0833. The first-order chi connectivity index (χ1) is 8.25. The number of carboxylic acid groups (broad SMARTS) is 1. The molecule has 3 rings (SSSR count). The molecule has 0 aliphatic carbocycles. The van der Waals surface area contributed by atoms with Gasteiger partial charge in [-0.1, -0.05) is 0 Å². The molecule has 5 nitrogen and oxygen atoms in total. The molecule has 0 aliphatic rings. The van der Waals surface area contributed by atoms with Crippen LogP contribution in [0.2, 0.25) is 0 Å². The van der Waals surface area contributed by atoms with Gasteiger partial charge in [0.15, 0.2) is 6.39 Å². The van der Waals surface area contributed by atoms with Crippen molar-refractivity contribution in [2.45, 2.75) is 6.42 Å². The summed E-state index contributed by atoms with van der Waals surface area (Å²) in [5.74, 6) is -0.865. The average molecular weight is 228 g/mol. The van der Waals surface area contributed by atoms with Crippen LogP contribution in [0, 0.1) is 0 Å². The summed E-state index contributed by atoms with van der Waals surface area (Å²) in [6.07, 6.45) is 4.58. The Kier molecular flexibility index (Phi) is 2.04. The Bertz CT molecular complexity index is 718. The normalized spacial score (nSPS) is 11.1. The number of carboxylic acids is 1. The summed E-state index contributed by atoms with van der Waals surface area (Å²) in [4.78, 5) is 18.9. The van der Waals surface area contributed by atoms with Crippen molar-refractivity contribution in [3.63, 3.8) is 0 Å². The summed E-state index contributed by atoms with van der Waals surface area (Å²) in [6, 6.07) is 3.62. The van der Waals surface area contributed by atoms with E-state index >= 15 is 0 Å². The lowest BCUT2D eigenvalue weighted by molar-refractivity contribution is -0.136. The molecule has 0 bridgehead atoms. The Hall–Kier alpha value is -2.43. The molecular formula is C12H8N2O3. The molecule has 0 fully saturated rings. The van der Waals surface area contributed by atoms with Gasteiger partial charge in [-0.05, 0) is 17.7 Å². The van der Waals surface area contributed by atoms with Gasteiger partial charge in [0.25, 0.3) is 0 Å². The van der Waals surface area contributed by atoms with Crippen molar-refractivity contribution in [1.29, 1.82) is 0 Å². The second-order valence-corrected chi connectivity index (χ2v) is 3.73. The van der Waals surface area contributed by atoms with E-state index in [4.69, 9.17) is 9.52 Å². The van der Waals surface area contributed by atoms with Gasteiger partial charge in [0, 0.05) is 17.8 Å². The van der Waals surface area contributed by atoms with Crippen molar-refractivity contribution in [3.8, 4) is 0 Å². The third kappa shape index (κ3) is 1.52. The Labute approximate surface area is 95.7 Å². The fourth-order valence-electron chi connectivity index (χ4n) is 1.92. The van der Waals surface area contributed by atoms with Crippen LogP contribution in [0.1, 0.15) is 5.56 Å². The van der Waals surface area contributed by atoms with Gasteiger partial charge in [-0.3, -0.25) is 9.78 Å². The maximum absolute atomic E-state index is 10.7. The third-order valence-electron chi connectivity index (χ3n) is 2.66. The van der Waals surface area contributed by atoms with E-state index in [1.807, 2.05) is 6.07 Å². The zero-order valence-electron chi connectivity index (χ0n) is 8.75. The highest BCUT2D eigenvalue weighted by Gasteiger charge is 2.11. The third-order valence-corrected chi connectivity index (χ3v) is 2.66. The van der Waals surface area contributed by atoms with Crippen LogP contribution in [0.25, 0.3) is 21.9 Å². The monoisotopic (exact) mass is 228 g/mol. The van der Waals surface area contributed by atoms with Crippen molar-refractivity contribution in [1.82, 2.24) is 9.97 Å². The maximum atomic E-state index is 10.7. The van der Waals surface area contributed by atoms with E-state index in [2.05, 4.69) is 9.97 Å². The van der Waals surface area contributed by atoms with E-state index in [1.54, 1.807) is 18.5 Å². The summed E-state index contributed by atoms with van der Waals surface area (Å²) in [5, 5.41) is 10.4. The quantitative estimate of drug-likeness (QED) is 0.725. The minimum atomic E-state index is -0.865. The first kappa shape index (κ1) is 9.77. The summed E-state index contributed by atoms with van der Waals surface area (Å²) in [5.41, 5.74) is 2.13. The zero-order chi connectivity index (χ0) is 11.8. The summed E-state index contributed by atoms with van der Waals surface area (Å²) in [6.45, 7) is 0. The lowest BCUT2D eigenvalue weighted by Gasteiger charge is -1.98. The standard InChI is InChI=1S/C12H8N2O3/c15-11(16)3-7-4-14-12-8(7)1-2-10-9(12)5-13-6-17-10/h1-2,4-6H,3H2,(H,15,16). The van der Waals surface area contributed by atoms with Gasteiger partial charge < -0.3 is 9.52 Å². The van der Waals surface area contributed by atoms with E-state index in [0.717, 1.165) is 16.3 Å². The topological polar surface area (TPSA) is 76.2 Å². The molecular weight excluding hydrogens is 220 g/mol. The Balaban J connectivity index is 2.31. The van der Waals surface area contributed by atoms with Crippen LogP contribution in [0.15, 0.2) is 35.3 Å². The lowest BCUT2D eigenvalue weighted by Crippen LogP contribution is -1.98. The summed E-state index contributed by atoms with van der Waals surface area (Å²) < 4.78 is 5.24. The van der Waals surface area contributed by atoms with Crippen LogP contribution in [-0.2, 0) is 11.2 Å². The van der Waals surface area contributed by atoms with E-state index < -0.39 is 5.97 Å². The van der Waals surface area contributed by atoms with Crippen LogP contribution in [0.5, 0.6) is 0 Å². The molecule has 0 saturated heterocycles. The first-order valence-electron chi connectivity index (χ1n) is 5.06. The van der Waals surface area contributed by atoms with E-state index in [-0.39, 0.29) is 6.42 Å². The Morgan fingerprint density at radius 3 is 3.00 bits per heavy atom. The first-order valence-corrected chi connectivity index (χ1v) is 5.06. The summed E-state index contributed by atoms with van der Waals surface area (Å²) >= 11 is 0. The highest BCUT2D eigenvalue weighted by molar-refractivity contribution is 6.04. The molecule has 0 unspecified atom stereocenters. The molecule has 0 amide bonds. The minimum Gasteiger partial charge on any atom is -0.481 e. The lowest BCUT2D eigenvalue weighted by atomic mass is 10.1. The number of aliphatic carboxylic acids is 1. The molecule has 0 aliphatic heterocycles. The highest BCUT2D eigenvalue weighted by atomic mass is 16.4. The smallest absolute Gasteiger partial charge is 0.307 e. The van der Waals surface area contributed by atoms with Crippen molar-refractivity contribution in [3.05, 3.63) is 36.5 Å². The highest BCUT2D eigenvalue weighted by Crippen LogP contribution is 2.26. The molecule has 1 aromatic carbocycles. The molecule has 0 saturated carbocycles. The van der Waals surface area contributed by atoms with E-state index in [0.29, 0.717) is 11.1 Å². The molecule has 2 aromatic heterocycles. The molecule has 0 atom stereocenters. The minimum absolute atomic E-state index is 0.0284. The van der Waals surface area contributed by atoms with Crippen molar-refractivity contribution < 1.29 is 14.3 Å². The predicted octanol–water partition coefficient (Wildman–Crippen LogP) is 2.00. The maximum Gasteiger partial charge on any atom is 0.307 e. The molecule has 84 valence electrons. The van der Waals surface area contributed by atoms with Gasteiger partial charge in [0.05, 0.1) is 17.3 Å². The van der Waals surface area contributed by atoms with Crippen molar-refractivity contribution >= 4 is 27.8 Å². The number of rotatable bonds is 2. The van der Waals surface area contributed by atoms with Gasteiger partial charge >= 0.3 is 5.97 Å². The second-order valence-electron chi connectivity index (χ2n) is 3.73. The zero-order valence-corrected chi connectivity index (χ0v) is 8.75. The van der Waals surface area contributed by atoms with Gasteiger partial charge in [-0.15, -0.1) is 0 Å². The molecule has 1 N–H and O–H groups in total. The number of fused-ring (bicyclic) bond motifs is 3. The number of benzene rings is 1. The van der Waals surface area contributed by atoms with Crippen molar-refractivity contribution in [2.24, 2.45) is 0 Å². The van der Waals surface area contributed by atoms with Crippen LogP contribution in [0.3, 0.4) is 0 Å². The molecule has 0 radical (unpaired) electrons. The number of carbonyl (C=O) groups is 1.